The number of carboxylic acid groups (broad SMARTS) is 1. The average Bonchev–Trinajstić information content (AvgIpc) is 2.82. The molecule has 0 atom stereocenters. The number of halogens is 2. The smallest absolute Gasteiger partial charge is 0.331 e. The Bertz CT molecular complexity index is 641. The maximum absolute atomic E-state index is 13.5. The van der Waals surface area contributed by atoms with Crippen molar-refractivity contribution in [2.45, 2.75) is 19.4 Å². The van der Waals surface area contributed by atoms with E-state index in [4.69, 9.17) is 0 Å². The van der Waals surface area contributed by atoms with Crippen LogP contribution < -0.4 is 0 Å². The van der Waals surface area contributed by atoms with E-state index in [0.29, 0.717) is 10.0 Å². The molecule has 1 N–H and O–H groups in total. The third kappa shape index (κ3) is 2.35. The van der Waals surface area contributed by atoms with Crippen LogP contribution in [0.4, 0.5) is 4.39 Å². The molecule has 1 aromatic carbocycles. The number of rotatable bonds is 3. The van der Waals surface area contributed by atoms with Crippen LogP contribution in [0, 0.1) is 5.82 Å². The van der Waals surface area contributed by atoms with Crippen LogP contribution in [0.1, 0.15) is 13.8 Å². The quantitative estimate of drug-likeness (QED) is 0.932. The van der Waals surface area contributed by atoms with Crippen molar-refractivity contribution >= 4 is 21.9 Å². The van der Waals surface area contributed by atoms with E-state index < -0.39 is 17.3 Å². The predicted octanol–water partition coefficient (Wildman–Crippen LogP) is 2.06. The summed E-state index contributed by atoms with van der Waals surface area (Å²) in [5, 5.41) is 20.1. The Morgan fingerprint density at radius 2 is 2.16 bits per heavy atom. The Morgan fingerprint density at radius 3 is 2.74 bits per heavy atom. The summed E-state index contributed by atoms with van der Waals surface area (Å²) < 4.78 is 15.0. The van der Waals surface area contributed by atoms with Gasteiger partial charge in [0.25, 0.3) is 0 Å². The van der Waals surface area contributed by atoms with Gasteiger partial charge in [0.1, 0.15) is 5.82 Å². The van der Waals surface area contributed by atoms with Crippen molar-refractivity contribution in [1.29, 1.82) is 0 Å². The van der Waals surface area contributed by atoms with E-state index in [9.17, 15) is 14.3 Å². The van der Waals surface area contributed by atoms with Crippen LogP contribution in [-0.4, -0.2) is 31.3 Å². The van der Waals surface area contributed by atoms with Gasteiger partial charge in [0.2, 0.25) is 0 Å². The Morgan fingerprint density at radius 1 is 1.47 bits per heavy atom. The molecule has 0 radical (unpaired) electrons. The number of carboxylic acids is 1. The van der Waals surface area contributed by atoms with Crippen LogP contribution in [0.5, 0.6) is 0 Å². The van der Waals surface area contributed by atoms with E-state index in [-0.39, 0.29) is 5.82 Å². The van der Waals surface area contributed by atoms with Gasteiger partial charge in [0.05, 0.1) is 4.47 Å². The molecule has 0 aliphatic rings. The lowest BCUT2D eigenvalue weighted by Crippen LogP contribution is -2.37. The fourth-order valence-corrected chi connectivity index (χ4v) is 1.72. The van der Waals surface area contributed by atoms with E-state index in [1.54, 1.807) is 6.07 Å². The molecular formula is C11H10BrFN4O2. The Kier molecular flexibility index (Phi) is 3.36. The molecule has 0 bridgehead atoms. The summed E-state index contributed by atoms with van der Waals surface area (Å²) in [6.45, 7) is 2.93. The topological polar surface area (TPSA) is 80.9 Å². The number of hydrogen-bond donors (Lipinski definition) is 1. The Hall–Kier alpha value is -1.83. The van der Waals surface area contributed by atoms with Gasteiger partial charge in [0.15, 0.2) is 11.4 Å². The molecule has 0 aliphatic heterocycles. The first kappa shape index (κ1) is 13.6. The van der Waals surface area contributed by atoms with Gasteiger partial charge in [-0.1, -0.05) is 0 Å². The van der Waals surface area contributed by atoms with E-state index in [2.05, 4.69) is 31.5 Å². The maximum Gasteiger partial charge on any atom is 0.331 e. The SMILES string of the molecule is CC(C)(C(=O)O)n1nnnc1-c1ccc(Br)c(F)c1. The number of hydrogen-bond acceptors (Lipinski definition) is 4. The minimum Gasteiger partial charge on any atom is -0.479 e. The number of nitrogens with zero attached hydrogens (tertiary/aromatic N) is 4. The first-order chi connectivity index (χ1) is 8.84. The molecule has 19 heavy (non-hydrogen) atoms. The molecular weight excluding hydrogens is 319 g/mol. The Balaban J connectivity index is 2.56. The third-order valence-corrected chi connectivity index (χ3v) is 3.34. The van der Waals surface area contributed by atoms with Crippen LogP contribution in [-0.2, 0) is 10.3 Å². The molecule has 0 unspecified atom stereocenters. The maximum atomic E-state index is 13.5. The minimum atomic E-state index is -1.33. The van der Waals surface area contributed by atoms with Crippen LogP contribution in [0.25, 0.3) is 11.4 Å². The molecule has 0 fully saturated rings. The summed E-state index contributed by atoms with van der Waals surface area (Å²) in [7, 11) is 0. The molecule has 6 nitrogen and oxygen atoms in total. The zero-order valence-corrected chi connectivity index (χ0v) is 11.7. The van der Waals surface area contributed by atoms with E-state index in [0.717, 1.165) is 4.68 Å². The van der Waals surface area contributed by atoms with Gasteiger partial charge < -0.3 is 5.11 Å². The second-order valence-electron chi connectivity index (χ2n) is 4.41. The summed E-state index contributed by atoms with van der Waals surface area (Å²) >= 11 is 3.05. The Labute approximate surface area is 116 Å². The number of benzene rings is 1. The van der Waals surface area contributed by atoms with Crippen LogP contribution in [0.2, 0.25) is 0 Å². The number of tetrazole rings is 1. The largest absolute Gasteiger partial charge is 0.479 e. The van der Waals surface area contributed by atoms with Crippen molar-refractivity contribution in [3.63, 3.8) is 0 Å². The van der Waals surface area contributed by atoms with E-state index in [1.807, 2.05) is 0 Å². The minimum absolute atomic E-state index is 0.193. The monoisotopic (exact) mass is 328 g/mol. The zero-order valence-electron chi connectivity index (χ0n) is 10.1. The highest BCUT2D eigenvalue weighted by molar-refractivity contribution is 9.10. The second-order valence-corrected chi connectivity index (χ2v) is 5.26. The van der Waals surface area contributed by atoms with Gasteiger partial charge in [-0.2, -0.15) is 0 Å². The fourth-order valence-electron chi connectivity index (χ4n) is 1.47. The summed E-state index contributed by atoms with van der Waals surface area (Å²) in [4.78, 5) is 11.2. The fraction of sp³-hybridized carbons (Fsp3) is 0.273. The van der Waals surface area contributed by atoms with Crippen LogP contribution in [0.15, 0.2) is 22.7 Å². The molecule has 1 heterocycles. The van der Waals surface area contributed by atoms with Crippen molar-refractivity contribution in [3.8, 4) is 11.4 Å². The lowest BCUT2D eigenvalue weighted by atomic mass is 10.1. The average molecular weight is 329 g/mol. The van der Waals surface area contributed by atoms with Gasteiger partial charge >= 0.3 is 5.97 Å². The summed E-state index contributed by atoms with van der Waals surface area (Å²) in [6.07, 6.45) is 0. The highest BCUT2D eigenvalue weighted by Crippen LogP contribution is 2.26. The van der Waals surface area contributed by atoms with Crippen molar-refractivity contribution in [1.82, 2.24) is 20.2 Å². The molecule has 0 aliphatic carbocycles. The lowest BCUT2D eigenvalue weighted by molar-refractivity contribution is -0.146. The summed E-state index contributed by atoms with van der Waals surface area (Å²) in [5.74, 6) is -1.36. The van der Waals surface area contributed by atoms with E-state index in [1.165, 1.54) is 26.0 Å². The second kappa shape index (κ2) is 4.69. The standard InChI is InChI=1S/C11H10BrFN4O2/c1-11(2,10(18)19)17-9(14-15-16-17)6-3-4-7(12)8(13)5-6/h3-5H,1-2H3,(H,18,19). The van der Waals surface area contributed by atoms with E-state index >= 15 is 0 Å². The van der Waals surface area contributed by atoms with Crippen LogP contribution in [0.3, 0.4) is 0 Å². The number of aromatic nitrogens is 4. The molecule has 0 amide bonds. The molecule has 8 heteroatoms. The molecule has 0 saturated heterocycles. The normalized spacial score (nSPS) is 11.6. The molecule has 0 spiro atoms. The van der Waals surface area contributed by atoms with Crippen molar-refractivity contribution in [2.75, 3.05) is 0 Å². The third-order valence-electron chi connectivity index (χ3n) is 2.70. The zero-order chi connectivity index (χ0) is 14.2. The van der Waals surface area contributed by atoms with Crippen LogP contribution >= 0.6 is 15.9 Å². The molecule has 1 aromatic heterocycles. The van der Waals surface area contributed by atoms with Crippen molar-refractivity contribution in [2.24, 2.45) is 0 Å². The lowest BCUT2D eigenvalue weighted by Gasteiger charge is -2.20. The van der Waals surface area contributed by atoms with Crippen molar-refractivity contribution < 1.29 is 14.3 Å². The van der Waals surface area contributed by atoms with Gasteiger partial charge in [0, 0.05) is 5.56 Å². The molecule has 100 valence electrons. The highest BCUT2D eigenvalue weighted by atomic mass is 79.9. The van der Waals surface area contributed by atoms with Gasteiger partial charge in [-0.3, -0.25) is 0 Å². The first-order valence-corrected chi connectivity index (χ1v) is 6.11. The van der Waals surface area contributed by atoms with Gasteiger partial charge in [-0.05, 0) is 58.4 Å². The molecule has 0 saturated carbocycles. The number of aliphatic carboxylic acids is 1. The van der Waals surface area contributed by atoms with Gasteiger partial charge in [-0.15, -0.1) is 5.10 Å². The highest BCUT2D eigenvalue weighted by Gasteiger charge is 2.33. The van der Waals surface area contributed by atoms with Crippen molar-refractivity contribution in [3.05, 3.63) is 28.5 Å². The summed E-state index contributed by atoms with van der Waals surface area (Å²) in [5.41, 5.74) is -0.928. The first-order valence-electron chi connectivity index (χ1n) is 5.31. The van der Waals surface area contributed by atoms with Gasteiger partial charge in [-0.25, -0.2) is 13.9 Å². The number of carbonyl (C=O) groups is 1. The predicted molar refractivity (Wildman–Crippen MR) is 67.9 cm³/mol. The molecule has 2 aromatic rings. The molecule has 2 rings (SSSR count). The summed E-state index contributed by atoms with van der Waals surface area (Å²) in [6, 6.07) is 4.36.